The summed E-state index contributed by atoms with van der Waals surface area (Å²) in [6.07, 6.45) is 2.60. The Morgan fingerprint density at radius 3 is 2.46 bits per heavy atom. The third-order valence-corrected chi connectivity index (χ3v) is 5.53. The van der Waals surface area contributed by atoms with Crippen LogP contribution in [0.2, 0.25) is 0 Å². The van der Waals surface area contributed by atoms with Crippen LogP contribution in [0.25, 0.3) is 0 Å². The zero-order chi connectivity index (χ0) is 19.8. The average molecular weight is 383 g/mol. The Bertz CT molecular complexity index is 741. The summed E-state index contributed by atoms with van der Waals surface area (Å²) in [5.74, 6) is 0.806. The molecule has 0 unspecified atom stereocenters. The normalized spacial score (nSPS) is 16.9. The van der Waals surface area contributed by atoms with E-state index in [1.165, 1.54) is 0 Å². The van der Waals surface area contributed by atoms with Crippen molar-refractivity contribution in [2.24, 2.45) is 5.92 Å². The first-order valence-electron chi connectivity index (χ1n) is 9.87. The number of benzene rings is 2. The number of carbonyl (C=O) groups excluding carboxylic acids is 1. The summed E-state index contributed by atoms with van der Waals surface area (Å²) >= 11 is 0. The van der Waals surface area contributed by atoms with Gasteiger partial charge >= 0.3 is 0 Å². The van der Waals surface area contributed by atoms with Crippen LogP contribution in [0.4, 0.5) is 0 Å². The van der Waals surface area contributed by atoms with Crippen molar-refractivity contribution < 1.29 is 19.4 Å². The maximum absolute atomic E-state index is 12.4. The van der Waals surface area contributed by atoms with E-state index in [1.54, 1.807) is 7.11 Å². The zero-order valence-corrected chi connectivity index (χ0v) is 16.4. The van der Waals surface area contributed by atoms with Gasteiger partial charge in [0.15, 0.2) is 0 Å². The Hall–Kier alpha value is -2.37. The molecule has 2 aromatic carbocycles. The van der Waals surface area contributed by atoms with Crippen molar-refractivity contribution in [2.75, 3.05) is 26.9 Å². The average Bonchev–Trinajstić information content (AvgIpc) is 2.77. The lowest BCUT2D eigenvalue weighted by molar-refractivity contribution is -0.124. The second-order valence-electron chi connectivity index (χ2n) is 7.30. The topological polar surface area (TPSA) is 67.8 Å². The predicted octanol–water partition coefficient (Wildman–Crippen LogP) is 3.06. The van der Waals surface area contributed by atoms with E-state index < -0.39 is 5.60 Å². The van der Waals surface area contributed by atoms with Gasteiger partial charge in [-0.2, -0.15) is 0 Å². The number of hydrogen-bond donors (Lipinski definition) is 2. The number of hydrogen-bond acceptors (Lipinski definition) is 4. The van der Waals surface area contributed by atoms with Crippen LogP contribution in [-0.4, -0.2) is 37.9 Å². The molecular formula is C23H29NO4. The van der Waals surface area contributed by atoms with Gasteiger partial charge in [-0.15, -0.1) is 0 Å². The van der Waals surface area contributed by atoms with Crippen molar-refractivity contribution in [1.29, 1.82) is 0 Å². The van der Waals surface area contributed by atoms with E-state index in [1.807, 2.05) is 54.6 Å². The SMILES string of the molecule is COc1ccc(CCC(=O)NC[C@](O)(c2ccccc2)C2CCOCC2)cc1. The number of aryl methyl sites for hydroxylation is 1. The van der Waals surface area contributed by atoms with Gasteiger partial charge in [0.05, 0.1) is 13.7 Å². The third-order valence-electron chi connectivity index (χ3n) is 5.53. The molecular weight excluding hydrogens is 354 g/mol. The summed E-state index contributed by atoms with van der Waals surface area (Å²) in [5.41, 5.74) is 0.844. The Balaban J connectivity index is 1.60. The molecule has 0 bridgehead atoms. The van der Waals surface area contributed by atoms with Crippen LogP contribution in [0, 0.1) is 5.92 Å². The van der Waals surface area contributed by atoms with Crippen LogP contribution in [0.5, 0.6) is 5.75 Å². The van der Waals surface area contributed by atoms with Gasteiger partial charge in [-0.25, -0.2) is 0 Å². The molecule has 150 valence electrons. The molecule has 0 aliphatic carbocycles. The van der Waals surface area contributed by atoms with Crippen molar-refractivity contribution >= 4 is 5.91 Å². The lowest BCUT2D eigenvalue weighted by Crippen LogP contribution is -2.47. The first-order valence-corrected chi connectivity index (χ1v) is 9.87. The Labute approximate surface area is 166 Å². The van der Waals surface area contributed by atoms with Gasteiger partial charge in [0.25, 0.3) is 0 Å². The molecule has 5 nitrogen and oxygen atoms in total. The Morgan fingerprint density at radius 2 is 1.82 bits per heavy atom. The number of aliphatic hydroxyl groups is 1. The summed E-state index contributed by atoms with van der Waals surface area (Å²) in [6.45, 7) is 1.50. The fourth-order valence-corrected chi connectivity index (χ4v) is 3.76. The van der Waals surface area contributed by atoms with Crippen molar-refractivity contribution in [3.63, 3.8) is 0 Å². The fraction of sp³-hybridized carbons (Fsp3) is 0.435. The maximum Gasteiger partial charge on any atom is 0.220 e. The molecule has 0 aromatic heterocycles. The van der Waals surface area contributed by atoms with E-state index in [2.05, 4.69) is 5.32 Å². The Morgan fingerprint density at radius 1 is 1.14 bits per heavy atom. The molecule has 1 fully saturated rings. The van der Waals surface area contributed by atoms with Gasteiger partial charge in [0.1, 0.15) is 11.4 Å². The van der Waals surface area contributed by atoms with E-state index >= 15 is 0 Å². The van der Waals surface area contributed by atoms with Crippen LogP contribution in [0.15, 0.2) is 54.6 Å². The molecule has 1 atom stereocenters. The van der Waals surface area contributed by atoms with E-state index in [9.17, 15) is 9.90 Å². The highest BCUT2D eigenvalue weighted by atomic mass is 16.5. The predicted molar refractivity (Wildman–Crippen MR) is 108 cm³/mol. The highest BCUT2D eigenvalue weighted by Gasteiger charge is 2.39. The van der Waals surface area contributed by atoms with Gasteiger partial charge in [0, 0.05) is 19.6 Å². The number of methoxy groups -OCH3 is 1. The third kappa shape index (κ3) is 5.12. The lowest BCUT2D eigenvalue weighted by atomic mass is 9.77. The summed E-state index contributed by atoms with van der Waals surface area (Å²) in [5, 5.41) is 14.5. The molecule has 2 N–H and O–H groups in total. The van der Waals surface area contributed by atoms with Crippen LogP contribution in [0.1, 0.15) is 30.4 Å². The molecule has 1 heterocycles. The van der Waals surface area contributed by atoms with Crippen LogP contribution < -0.4 is 10.1 Å². The van der Waals surface area contributed by atoms with Gasteiger partial charge in [-0.05, 0) is 48.4 Å². The lowest BCUT2D eigenvalue weighted by Gasteiger charge is -2.39. The zero-order valence-electron chi connectivity index (χ0n) is 16.4. The first kappa shape index (κ1) is 20.4. The molecule has 0 radical (unpaired) electrons. The Kier molecular flexibility index (Phi) is 7.06. The maximum atomic E-state index is 12.4. The van der Waals surface area contributed by atoms with E-state index in [0.717, 1.165) is 29.7 Å². The van der Waals surface area contributed by atoms with E-state index in [4.69, 9.17) is 9.47 Å². The minimum absolute atomic E-state index is 0.0581. The highest BCUT2D eigenvalue weighted by molar-refractivity contribution is 5.76. The van der Waals surface area contributed by atoms with E-state index in [0.29, 0.717) is 26.1 Å². The van der Waals surface area contributed by atoms with Gasteiger partial charge in [-0.3, -0.25) is 4.79 Å². The molecule has 0 saturated carbocycles. The standard InChI is InChI=1S/C23H29NO4/c1-27-21-10-7-18(8-11-21)9-12-22(25)24-17-23(26,19-5-3-2-4-6-19)20-13-15-28-16-14-20/h2-8,10-11,20,26H,9,12-17H2,1H3,(H,24,25)/t23-/m0/s1. The second kappa shape index (κ2) is 9.71. The number of amides is 1. The summed E-state index contributed by atoms with van der Waals surface area (Å²) < 4.78 is 10.6. The van der Waals surface area contributed by atoms with Crippen molar-refractivity contribution in [2.45, 2.75) is 31.3 Å². The summed E-state index contributed by atoms with van der Waals surface area (Å²) in [7, 11) is 1.63. The van der Waals surface area contributed by atoms with Crippen LogP contribution >= 0.6 is 0 Å². The van der Waals surface area contributed by atoms with Crippen LogP contribution in [0.3, 0.4) is 0 Å². The molecule has 1 aliphatic heterocycles. The summed E-state index contributed by atoms with van der Waals surface area (Å²) in [4.78, 5) is 12.4. The molecule has 1 aliphatic rings. The van der Waals surface area contributed by atoms with Crippen molar-refractivity contribution in [3.8, 4) is 5.75 Å². The minimum atomic E-state index is -1.08. The van der Waals surface area contributed by atoms with Gasteiger partial charge < -0.3 is 19.9 Å². The smallest absolute Gasteiger partial charge is 0.220 e. The largest absolute Gasteiger partial charge is 0.497 e. The molecule has 1 saturated heterocycles. The van der Waals surface area contributed by atoms with Crippen molar-refractivity contribution in [3.05, 3.63) is 65.7 Å². The fourth-order valence-electron chi connectivity index (χ4n) is 3.76. The number of ether oxygens (including phenoxy) is 2. The monoisotopic (exact) mass is 383 g/mol. The highest BCUT2D eigenvalue weighted by Crippen LogP contribution is 2.35. The number of carbonyl (C=O) groups is 1. The molecule has 1 amide bonds. The number of rotatable bonds is 8. The van der Waals surface area contributed by atoms with Gasteiger partial charge in [-0.1, -0.05) is 42.5 Å². The molecule has 0 spiro atoms. The summed E-state index contributed by atoms with van der Waals surface area (Å²) in [6, 6.07) is 17.4. The minimum Gasteiger partial charge on any atom is -0.497 e. The quantitative estimate of drug-likeness (QED) is 0.735. The van der Waals surface area contributed by atoms with Gasteiger partial charge in [0.2, 0.25) is 5.91 Å². The molecule has 3 rings (SSSR count). The number of nitrogens with one attached hydrogen (secondary N) is 1. The van der Waals surface area contributed by atoms with Crippen LogP contribution in [-0.2, 0) is 21.6 Å². The molecule has 5 heteroatoms. The first-order chi connectivity index (χ1) is 13.6. The molecule has 2 aromatic rings. The van der Waals surface area contributed by atoms with E-state index in [-0.39, 0.29) is 18.4 Å². The van der Waals surface area contributed by atoms with Crippen molar-refractivity contribution in [1.82, 2.24) is 5.32 Å². The molecule has 28 heavy (non-hydrogen) atoms. The second-order valence-corrected chi connectivity index (χ2v) is 7.30.